The molecule has 0 aromatic carbocycles. The van der Waals surface area contributed by atoms with Crippen LogP contribution in [0, 0.1) is 22.7 Å². The smallest absolute Gasteiger partial charge is 0.138 e. The number of likely N-dealkylation sites (tertiary alicyclic amines) is 1. The fraction of sp³-hybridized carbons (Fsp3) is 0.552. The van der Waals surface area contributed by atoms with Crippen LogP contribution in [0.4, 0.5) is 5.82 Å². The number of fused-ring (bicyclic) bond motifs is 3. The lowest BCUT2D eigenvalue weighted by atomic mass is 9.78. The molecule has 3 aromatic rings. The summed E-state index contributed by atoms with van der Waals surface area (Å²) in [6.07, 6.45) is 6.69. The van der Waals surface area contributed by atoms with Crippen molar-refractivity contribution in [1.29, 1.82) is 5.26 Å². The van der Waals surface area contributed by atoms with Gasteiger partial charge in [0.25, 0.3) is 0 Å². The summed E-state index contributed by atoms with van der Waals surface area (Å²) in [7, 11) is 0. The summed E-state index contributed by atoms with van der Waals surface area (Å²) < 4.78 is 18.7. The second-order valence-corrected chi connectivity index (χ2v) is 12.1. The van der Waals surface area contributed by atoms with E-state index in [0.29, 0.717) is 35.6 Å². The van der Waals surface area contributed by atoms with Crippen LogP contribution >= 0.6 is 0 Å². The standard InChI is InChI=1S/C29H33N7O3/c30-7-22-9-32-36-13-25(39-4-3-33-16-29(17-33)18-38-19-29)6-26(28(22)36)21-1-2-27(31-8-21)34-11-23-5-24(12-34)35(23)10-20-14-37-15-20/h1-2,6,8-9,13,20,23-24H,3-5,10-12,14-19H2. The number of ether oxygens (including phenoxy) is 3. The van der Waals surface area contributed by atoms with Crippen molar-refractivity contribution < 1.29 is 14.2 Å². The molecular weight excluding hydrogens is 494 g/mol. The topological polar surface area (TPSA) is 91.4 Å². The van der Waals surface area contributed by atoms with Gasteiger partial charge in [-0.25, -0.2) is 9.50 Å². The number of piperazine rings is 1. The first-order chi connectivity index (χ1) is 19.2. The van der Waals surface area contributed by atoms with Crippen molar-refractivity contribution in [2.45, 2.75) is 18.5 Å². The first kappa shape index (κ1) is 23.6. The molecule has 10 heteroatoms. The number of nitrogens with zero attached hydrogens (tertiary/aromatic N) is 7. The number of hydrogen-bond acceptors (Lipinski definition) is 9. The van der Waals surface area contributed by atoms with Crippen LogP contribution in [-0.2, 0) is 9.47 Å². The van der Waals surface area contributed by atoms with Gasteiger partial charge in [-0.2, -0.15) is 10.4 Å². The molecule has 202 valence electrons. The van der Waals surface area contributed by atoms with Gasteiger partial charge in [0.1, 0.15) is 24.2 Å². The number of hydrogen-bond donors (Lipinski definition) is 0. The van der Waals surface area contributed by atoms with Crippen molar-refractivity contribution in [2.75, 3.05) is 77.2 Å². The van der Waals surface area contributed by atoms with Gasteiger partial charge in [-0.1, -0.05) is 0 Å². The van der Waals surface area contributed by atoms with E-state index in [1.807, 2.05) is 18.5 Å². The molecule has 0 radical (unpaired) electrons. The molecule has 6 saturated heterocycles. The van der Waals surface area contributed by atoms with E-state index in [2.05, 4.69) is 38.0 Å². The van der Waals surface area contributed by atoms with Crippen molar-refractivity contribution in [3.8, 4) is 22.9 Å². The molecule has 6 fully saturated rings. The minimum atomic E-state index is 0.410. The van der Waals surface area contributed by atoms with Crippen molar-refractivity contribution in [1.82, 2.24) is 24.4 Å². The summed E-state index contributed by atoms with van der Waals surface area (Å²) in [5, 5.41) is 14.2. The molecule has 3 aromatic heterocycles. The molecule has 39 heavy (non-hydrogen) atoms. The van der Waals surface area contributed by atoms with E-state index in [-0.39, 0.29) is 0 Å². The average molecular weight is 528 g/mol. The van der Waals surface area contributed by atoms with Crippen LogP contribution < -0.4 is 9.64 Å². The predicted molar refractivity (Wildman–Crippen MR) is 144 cm³/mol. The van der Waals surface area contributed by atoms with Crippen molar-refractivity contribution >= 4 is 11.3 Å². The van der Waals surface area contributed by atoms with Gasteiger partial charge < -0.3 is 19.1 Å². The van der Waals surface area contributed by atoms with Gasteiger partial charge in [0.2, 0.25) is 0 Å². The van der Waals surface area contributed by atoms with Gasteiger partial charge in [0, 0.05) is 80.0 Å². The molecule has 0 N–H and O–H groups in total. The maximum Gasteiger partial charge on any atom is 0.138 e. The van der Waals surface area contributed by atoms with Gasteiger partial charge in [-0.3, -0.25) is 9.80 Å². The molecule has 6 aliphatic rings. The zero-order chi connectivity index (χ0) is 26.0. The Balaban J connectivity index is 0.973. The van der Waals surface area contributed by atoms with Crippen LogP contribution in [-0.4, -0.2) is 109 Å². The Morgan fingerprint density at radius 2 is 1.95 bits per heavy atom. The summed E-state index contributed by atoms with van der Waals surface area (Å²) in [5.41, 5.74) is 3.60. The summed E-state index contributed by atoms with van der Waals surface area (Å²) in [5.74, 6) is 2.47. The van der Waals surface area contributed by atoms with Crippen LogP contribution in [0.3, 0.4) is 0 Å². The number of nitriles is 1. The first-order valence-electron chi connectivity index (χ1n) is 14.1. The molecule has 1 spiro atoms. The lowest BCUT2D eigenvalue weighted by Gasteiger charge is -2.58. The molecule has 0 saturated carbocycles. The third-order valence-electron chi connectivity index (χ3n) is 9.22. The van der Waals surface area contributed by atoms with E-state index in [4.69, 9.17) is 19.2 Å². The summed E-state index contributed by atoms with van der Waals surface area (Å²) in [4.78, 5) is 12.4. The Morgan fingerprint density at radius 1 is 1.10 bits per heavy atom. The van der Waals surface area contributed by atoms with Crippen molar-refractivity contribution in [2.24, 2.45) is 11.3 Å². The molecule has 2 atom stereocenters. The average Bonchev–Trinajstić information content (AvgIpc) is 3.31. The van der Waals surface area contributed by atoms with E-state index in [1.165, 1.54) is 13.0 Å². The highest BCUT2D eigenvalue weighted by molar-refractivity contribution is 5.85. The van der Waals surface area contributed by atoms with Gasteiger partial charge in [-0.05, 0) is 24.6 Å². The highest BCUT2D eigenvalue weighted by Gasteiger charge is 2.48. The lowest BCUT2D eigenvalue weighted by molar-refractivity contribution is -0.189. The Hall–Kier alpha value is -3.23. The Morgan fingerprint density at radius 3 is 2.62 bits per heavy atom. The molecule has 0 amide bonds. The summed E-state index contributed by atoms with van der Waals surface area (Å²) in [6.45, 7) is 10.5. The quantitative estimate of drug-likeness (QED) is 0.436. The molecule has 9 heterocycles. The van der Waals surface area contributed by atoms with Crippen LogP contribution in [0.2, 0.25) is 0 Å². The van der Waals surface area contributed by atoms with E-state index in [1.54, 1.807) is 10.7 Å². The highest BCUT2D eigenvalue weighted by atomic mass is 16.5. The summed E-state index contributed by atoms with van der Waals surface area (Å²) >= 11 is 0. The Bertz CT molecular complexity index is 1410. The minimum absolute atomic E-state index is 0.410. The third kappa shape index (κ3) is 4.07. The van der Waals surface area contributed by atoms with Crippen LogP contribution in [0.1, 0.15) is 12.0 Å². The molecule has 10 nitrogen and oxygen atoms in total. The van der Waals surface area contributed by atoms with Gasteiger partial charge >= 0.3 is 0 Å². The number of piperidine rings is 1. The second kappa shape index (κ2) is 9.17. The molecule has 2 bridgehead atoms. The minimum Gasteiger partial charge on any atom is -0.491 e. The zero-order valence-electron chi connectivity index (χ0n) is 22.0. The van der Waals surface area contributed by atoms with Gasteiger partial charge in [0.05, 0.1) is 49.9 Å². The van der Waals surface area contributed by atoms with Crippen LogP contribution in [0.5, 0.6) is 5.75 Å². The molecule has 0 aliphatic carbocycles. The SMILES string of the molecule is N#Cc1cnn2cc(OCCN3CC4(COC4)C3)cc(-c3ccc(N4CC5CC(C4)N5CC4COC4)nc3)c12. The van der Waals surface area contributed by atoms with E-state index in [0.717, 1.165) is 87.4 Å². The van der Waals surface area contributed by atoms with E-state index < -0.39 is 0 Å². The fourth-order valence-electron chi connectivity index (χ4n) is 7.00. The normalized spacial score (nSPS) is 26.0. The number of rotatable bonds is 8. The third-order valence-corrected chi connectivity index (χ3v) is 9.22. The Labute approximate surface area is 227 Å². The van der Waals surface area contributed by atoms with Gasteiger partial charge in [-0.15, -0.1) is 0 Å². The van der Waals surface area contributed by atoms with Crippen molar-refractivity contribution in [3.63, 3.8) is 0 Å². The number of aromatic nitrogens is 3. The van der Waals surface area contributed by atoms with Crippen LogP contribution in [0.25, 0.3) is 16.6 Å². The monoisotopic (exact) mass is 527 g/mol. The first-order valence-corrected chi connectivity index (χ1v) is 14.1. The van der Waals surface area contributed by atoms with Gasteiger partial charge in [0.15, 0.2) is 0 Å². The predicted octanol–water partition coefficient (Wildman–Crippen LogP) is 1.89. The number of pyridine rings is 2. The molecule has 2 unspecified atom stereocenters. The van der Waals surface area contributed by atoms with Crippen molar-refractivity contribution in [3.05, 3.63) is 42.4 Å². The van der Waals surface area contributed by atoms with E-state index in [9.17, 15) is 5.26 Å². The fourth-order valence-corrected chi connectivity index (χ4v) is 7.00. The molecular formula is C29H33N7O3. The maximum absolute atomic E-state index is 9.73. The highest BCUT2D eigenvalue weighted by Crippen LogP contribution is 2.38. The van der Waals surface area contributed by atoms with E-state index >= 15 is 0 Å². The zero-order valence-corrected chi connectivity index (χ0v) is 22.0. The maximum atomic E-state index is 9.73. The largest absolute Gasteiger partial charge is 0.491 e. The number of anilines is 1. The lowest BCUT2D eigenvalue weighted by Crippen LogP contribution is -2.70. The molecule has 9 rings (SSSR count). The molecule has 6 aliphatic heterocycles. The Kier molecular flexibility index (Phi) is 5.56. The second-order valence-electron chi connectivity index (χ2n) is 12.1. The summed E-state index contributed by atoms with van der Waals surface area (Å²) in [6, 6.07) is 9.77. The van der Waals surface area contributed by atoms with Crippen LogP contribution in [0.15, 0.2) is 36.8 Å².